The molecule has 2 unspecified atom stereocenters. The average Bonchev–Trinajstić information content (AvgIpc) is 2.33. The Hall–Kier alpha value is -2.12. The first-order valence-corrected chi connectivity index (χ1v) is 6.06. The summed E-state index contributed by atoms with van der Waals surface area (Å²) in [5.41, 5.74) is -3.25. The van der Waals surface area contributed by atoms with Gasteiger partial charge in [-0.3, -0.25) is 19.2 Å². The van der Waals surface area contributed by atoms with Crippen molar-refractivity contribution >= 4 is 23.9 Å². The minimum Gasteiger partial charge on any atom is -0.480 e. The van der Waals surface area contributed by atoms with Gasteiger partial charge in [-0.25, -0.2) is 0 Å². The molecule has 114 valence electrons. The van der Waals surface area contributed by atoms with Crippen molar-refractivity contribution in [3.63, 3.8) is 0 Å². The lowest BCUT2D eigenvalue weighted by atomic mass is 9.73. The minimum atomic E-state index is -3.25. The fourth-order valence-electron chi connectivity index (χ4n) is 1.73. The highest BCUT2D eigenvalue weighted by Gasteiger charge is 2.62. The molecular weight excluding hydrogens is 272 g/mol. The Labute approximate surface area is 115 Å². The van der Waals surface area contributed by atoms with Crippen LogP contribution in [0.3, 0.4) is 0 Å². The molecule has 0 amide bonds. The quantitative estimate of drug-likeness (QED) is 0.436. The van der Waals surface area contributed by atoms with E-state index in [-0.39, 0.29) is 6.42 Å². The predicted molar refractivity (Wildman–Crippen MR) is 65.0 cm³/mol. The van der Waals surface area contributed by atoms with Gasteiger partial charge in [0.15, 0.2) is 0 Å². The second-order valence-electron chi connectivity index (χ2n) is 4.34. The van der Waals surface area contributed by atoms with Crippen LogP contribution in [0.4, 0.5) is 0 Å². The fraction of sp³-hybridized carbons (Fsp3) is 0.667. The van der Waals surface area contributed by atoms with Crippen LogP contribution < -0.4 is 0 Å². The number of carboxylic acid groups (broad SMARTS) is 3. The van der Waals surface area contributed by atoms with Gasteiger partial charge in [-0.15, -0.1) is 0 Å². The van der Waals surface area contributed by atoms with Gasteiger partial charge in [0, 0.05) is 0 Å². The standard InChI is InChI=1S/C12H18O8/c1-4-6(3)20-8(13)7(5-2)12(9(14)15,10(16)17)11(18)19/h6-7H,4-5H2,1-3H3,(H,14,15)(H,16,17)(H,18,19). The van der Waals surface area contributed by atoms with Crippen LogP contribution in [0.1, 0.15) is 33.6 Å². The fourth-order valence-corrected chi connectivity index (χ4v) is 1.73. The molecule has 0 radical (unpaired) electrons. The summed E-state index contributed by atoms with van der Waals surface area (Å²) >= 11 is 0. The van der Waals surface area contributed by atoms with Crippen LogP contribution >= 0.6 is 0 Å². The molecule has 0 aromatic rings. The van der Waals surface area contributed by atoms with Crippen molar-refractivity contribution in [2.45, 2.75) is 39.7 Å². The van der Waals surface area contributed by atoms with E-state index in [1.54, 1.807) is 6.92 Å². The molecule has 8 nitrogen and oxygen atoms in total. The molecule has 0 heterocycles. The third kappa shape index (κ3) is 3.06. The lowest BCUT2D eigenvalue weighted by Gasteiger charge is -2.28. The number of hydrogen-bond acceptors (Lipinski definition) is 5. The lowest BCUT2D eigenvalue weighted by molar-refractivity contribution is -0.188. The molecule has 0 aliphatic carbocycles. The number of rotatable bonds is 8. The van der Waals surface area contributed by atoms with Gasteiger partial charge in [0.2, 0.25) is 0 Å². The number of carbonyl (C=O) groups excluding carboxylic acids is 1. The van der Waals surface area contributed by atoms with Crippen molar-refractivity contribution in [2.24, 2.45) is 11.3 Å². The molecule has 20 heavy (non-hydrogen) atoms. The van der Waals surface area contributed by atoms with Gasteiger partial charge in [-0.1, -0.05) is 13.8 Å². The molecule has 0 fully saturated rings. The highest BCUT2D eigenvalue weighted by Crippen LogP contribution is 2.33. The van der Waals surface area contributed by atoms with Crippen molar-refractivity contribution in [3.8, 4) is 0 Å². The molecule has 0 rings (SSSR count). The highest BCUT2D eigenvalue weighted by molar-refractivity contribution is 6.18. The van der Waals surface area contributed by atoms with E-state index in [0.717, 1.165) is 0 Å². The maximum atomic E-state index is 11.9. The Kier molecular flexibility index (Phi) is 6.15. The minimum absolute atomic E-state index is 0.292. The predicted octanol–water partition coefficient (Wildman–Crippen LogP) is 0.594. The zero-order chi connectivity index (χ0) is 16.1. The number of carbonyl (C=O) groups is 4. The first-order chi connectivity index (χ1) is 9.15. The van der Waals surface area contributed by atoms with Crippen LogP contribution in [0, 0.1) is 11.3 Å². The SMILES string of the molecule is CCC(C)OC(=O)C(CC)C(C(=O)O)(C(=O)O)C(=O)O. The third-order valence-corrected chi connectivity index (χ3v) is 3.12. The number of aliphatic carboxylic acids is 3. The van der Waals surface area contributed by atoms with Crippen LogP contribution in [0.25, 0.3) is 0 Å². The van der Waals surface area contributed by atoms with E-state index in [4.69, 9.17) is 20.1 Å². The topological polar surface area (TPSA) is 138 Å². The van der Waals surface area contributed by atoms with E-state index >= 15 is 0 Å². The van der Waals surface area contributed by atoms with Crippen molar-refractivity contribution in [3.05, 3.63) is 0 Å². The molecule has 3 N–H and O–H groups in total. The second-order valence-corrected chi connectivity index (χ2v) is 4.34. The van der Waals surface area contributed by atoms with Crippen LogP contribution in [-0.4, -0.2) is 45.3 Å². The Morgan fingerprint density at radius 3 is 1.60 bits per heavy atom. The average molecular weight is 290 g/mol. The van der Waals surface area contributed by atoms with E-state index in [2.05, 4.69) is 0 Å². The van der Waals surface area contributed by atoms with Gasteiger partial charge in [-0.05, 0) is 19.8 Å². The van der Waals surface area contributed by atoms with Crippen LogP contribution in [0.5, 0.6) is 0 Å². The molecule has 0 aromatic heterocycles. The number of hydrogen-bond donors (Lipinski definition) is 3. The van der Waals surface area contributed by atoms with E-state index < -0.39 is 41.3 Å². The Morgan fingerprint density at radius 2 is 1.35 bits per heavy atom. The Bertz CT molecular complexity index is 378. The largest absolute Gasteiger partial charge is 0.480 e. The van der Waals surface area contributed by atoms with Crippen LogP contribution in [0.15, 0.2) is 0 Å². The zero-order valence-electron chi connectivity index (χ0n) is 11.5. The molecule has 0 bridgehead atoms. The number of ether oxygens (including phenoxy) is 1. The summed E-state index contributed by atoms with van der Waals surface area (Å²) in [6.45, 7) is 4.57. The maximum absolute atomic E-state index is 11.9. The van der Waals surface area contributed by atoms with Gasteiger partial charge >= 0.3 is 23.9 Å². The summed E-state index contributed by atoms with van der Waals surface area (Å²) in [6.07, 6.45) is -0.423. The molecule has 0 saturated carbocycles. The molecule has 0 aromatic carbocycles. The van der Waals surface area contributed by atoms with Gasteiger partial charge in [0.05, 0.1) is 12.0 Å². The van der Waals surface area contributed by atoms with Gasteiger partial charge in [-0.2, -0.15) is 0 Å². The van der Waals surface area contributed by atoms with Crippen molar-refractivity contribution in [1.29, 1.82) is 0 Å². The molecule has 0 saturated heterocycles. The van der Waals surface area contributed by atoms with E-state index in [9.17, 15) is 19.2 Å². The summed E-state index contributed by atoms with van der Waals surface area (Å²) in [5.74, 6) is -9.28. The van der Waals surface area contributed by atoms with Gasteiger partial charge < -0.3 is 20.1 Å². The Balaban J connectivity index is 5.74. The zero-order valence-corrected chi connectivity index (χ0v) is 11.5. The summed E-state index contributed by atoms with van der Waals surface area (Å²) in [5, 5.41) is 27.1. The number of esters is 1. The maximum Gasteiger partial charge on any atom is 0.333 e. The second kappa shape index (κ2) is 6.88. The van der Waals surface area contributed by atoms with Crippen LogP contribution in [0.2, 0.25) is 0 Å². The highest BCUT2D eigenvalue weighted by atomic mass is 16.5. The van der Waals surface area contributed by atoms with Gasteiger partial charge in [0.25, 0.3) is 5.41 Å². The molecule has 0 aliphatic heterocycles. The van der Waals surface area contributed by atoms with Gasteiger partial charge in [0.1, 0.15) is 0 Å². The first-order valence-electron chi connectivity index (χ1n) is 6.06. The monoisotopic (exact) mass is 290 g/mol. The van der Waals surface area contributed by atoms with E-state index in [1.807, 2.05) is 0 Å². The normalized spacial score (nSPS) is 14.2. The van der Waals surface area contributed by atoms with E-state index in [0.29, 0.717) is 6.42 Å². The summed E-state index contributed by atoms with van der Waals surface area (Å²) in [7, 11) is 0. The smallest absolute Gasteiger partial charge is 0.333 e. The molecule has 0 aliphatic rings. The number of carboxylic acids is 3. The van der Waals surface area contributed by atoms with Crippen molar-refractivity contribution in [2.75, 3.05) is 0 Å². The summed E-state index contributed by atoms with van der Waals surface area (Å²) in [4.78, 5) is 45.5. The summed E-state index contributed by atoms with van der Waals surface area (Å²) < 4.78 is 4.88. The van der Waals surface area contributed by atoms with Crippen molar-refractivity contribution < 1.29 is 39.2 Å². The molecule has 0 spiro atoms. The van der Waals surface area contributed by atoms with E-state index in [1.165, 1.54) is 13.8 Å². The molecule has 2 atom stereocenters. The van der Waals surface area contributed by atoms with Crippen molar-refractivity contribution in [1.82, 2.24) is 0 Å². The molecule has 8 heteroatoms. The summed E-state index contributed by atoms with van der Waals surface area (Å²) in [6, 6.07) is 0. The van der Waals surface area contributed by atoms with Crippen LogP contribution in [-0.2, 0) is 23.9 Å². The molecular formula is C12H18O8. The Morgan fingerprint density at radius 1 is 0.950 bits per heavy atom. The third-order valence-electron chi connectivity index (χ3n) is 3.12. The first kappa shape index (κ1) is 17.9. The lowest BCUT2D eigenvalue weighted by Crippen LogP contribution is -2.54.